The lowest BCUT2D eigenvalue weighted by Crippen LogP contribution is -2.49. The Kier molecular flexibility index (Phi) is 5.42. The molecule has 3 aliphatic rings. The van der Waals surface area contributed by atoms with Crippen LogP contribution in [0.4, 0.5) is 5.69 Å². The number of hydrogen-bond acceptors (Lipinski definition) is 4. The molecule has 1 aromatic heterocycles. The van der Waals surface area contributed by atoms with E-state index in [4.69, 9.17) is 0 Å². The second-order valence-corrected chi connectivity index (χ2v) is 8.98. The van der Waals surface area contributed by atoms with Crippen LogP contribution in [0.1, 0.15) is 24.5 Å². The topological polar surface area (TPSA) is 31.7 Å². The minimum atomic E-state index is 0.181. The molecule has 29 heavy (non-hydrogen) atoms. The molecular formula is C24H32N4O. The Labute approximate surface area is 173 Å². The SMILES string of the molecule is O=c1cccc2n1C[C@@H]1C[C@H]2CN(CCCN2CCN(c3ccccc3)CC2)C1. The average molecular weight is 393 g/mol. The third-order valence-electron chi connectivity index (χ3n) is 7.00. The van der Waals surface area contributed by atoms with Gasteiger partial charge in [0.2, 0.25) is 0 Å². The highest BCUT2D eigenvalue weighted by molar-refractivity contribution is 5.46. The van der Waals surface area contributed by atoms with Crippen molar-refractivity contribution in [1.29, 1.82) is 0 Å². The van der Waals surface area contributed by atoms with Crippen molar-refractivity contribution < 1.29 is 0 Å². The number of fused-ring (bicyclic) bond motifs is 4. The lowest BCUT2D eigenvalue weighted by atomic mass is 9.83. The Balaban J connectivity index is 1.09. The molecule has 0 unspecified atom stereocenters. The molecule has 2 aromatic rings. The number of piperazine rings is 1. The molecule has 0 spiro atoms. The maximum absolute atomic E-state index is 12.2. The van der Waals surface area contributed by atoms with E-state index in [9.17, 15) is 4.79 Å². The molecule has 2 bridgehead atoms. The summed E-state index contributed by atoms with van der Waals surface area (Å²) in [6, 6.07) is 16.6. The predicted molar refractivity (Wildman–Crippen MR) is 118 cm³/mol. The zero-order valence-electron chi connectivity index (χ0n) is 17.2. The molecule has 3 aliphatic heterocycles. The van der Waals surface area contributed by atoms with Crippen LogP contribution in [0.3, 0.4) is 0 Å². The highest BCUT2D eigenvalue weighted by atomic mass is 16.1. The second-order valence-electron chi connectivity index (χ2n) is 8.98. The van der Waals surface area contributed by atoms with Gasteiger partial charge in [-0.25, -0.2) is 0 Å². The Morgan fingerprint density at radius 1 is 0.793 bits per heavy atom. The summed E-state index contributed by atoms with van der Waals surface area (Å²) in [6.45, 7) is 10.1. The van der Waals surface area contributed by atoms with Crippen LogP contribution in [0.15, 0.2) is 53.3 Å². The number of rotatable bonds is 5. The molecule has 5 nitrogen and oxygen atoms in total. The summed E-state index contributed by atoms with van der Waals surface area (Å²) in [5, 5.41) is 0. The fourth-order valence-electron chi connectivity index (χ4n) is 5.56. The number of benzene rings is 1. The van der Waals surface area contributed by atoms with Gasteiger partial charge in [-0.15, -0.1) is 0 Å². The normalized spacial score (nSPS) is 25.0. The lowest BCUT2D eigenvalue weighted by molar-refractivity contribution is 0.114. The number of piperidine rings is 1. The third-order valence-corrected chi connectivity index (χ3v) is 7.00. The van der Waals surface area contributed by atoms with Gasteiger partial charge in [0, 0.05) is 69.2 Å². The number of nitrogens with zero attached hydrogens (tertiary/aromatic N) is 4. The summed E-state index contributed by atoms with van der Waals surface area (Å²) >= 11 is 0. The number of aromatic nitrogens is 1. The summed E-state index contributed by atoms with van der Waals surface area (Å²) < 4.78 is 2.03. The van der Waals surface area contributed by atoms with Crippen molar-refractivity contribution in [2.45, 2.75) is 25.3 Å². The Morgan fingerprint density at radius 2 is 1.59 bits per heavy atom. The van der Waals surface area contributed by atoms with Crippen LogP contribution in [0.5, 0.6) is 0 Å². The number of para-hydroxylation sites is 1. The Morgan fingerprint density at radius 3 is 2.41 bits per heavy atom. The van der Waals surface area contributed by atoms with E-state index in [0.717, 1.165) is 45.8 Å². The van der Waals surface area contributed by atoms with Gasteiger partial charge in [0.1, 0.15) is 0 Å². The summed E-state index contributed by atoms with van der Waals surface area (Å²) in [7, 11) is 0. The van der Waals surface area contributed by atoms with Gasteiger partial charge >= 0.3 is 0 Å². The zero-order valence-corrected chi connectivity index (χ0v) is 17.2. The van der Waals surface area contributed by atoms with E-state index in [1.54, 1.807) is 6.07 Å². The molecular weight excluding hydrogens is 360 g/mol. The number of hydrogen-bond donors (Lipinski definition) is 0. The van der Waals surface area contributed by atoms with E-state index in [2.05, 4.69) is 51.1 Å². The first kappa shape index (κ1) is 18.9. The minimum absolute atomic E-state index is 0.181. The van der Waals surface area contributed by atoms with E-state index in [1.165, 1.54) is 37.3 Å². The molecule has 2 fully saturated rings. The van der Waals surface area contributed by atoms with Gasteiger partial charge in [0.05, 0.1) is 0 Å². The van der Waals surface area contributed by atoms with E-state index in [0.29, 0.717) is 11.8 Å². The average Bonchev–Trinajstić information content (AvgIpc) is 2.76. The van der Waals surface area contributed by atoms with Gasteiger partial charge < -0.3 is 14.4 Å². The van der Waals surface area contributed by atoms with E-state index >= 15 is 0 Å². The summed E-state index contributed by atoms with van der Waals surface area (Å²) in [5.74, 6) is 1.17. The van der Waals surface area contributed by atoms with Crippen molar-refractivity contribution in [3.05, 3.63) is 64.6 Å². The van der Waals surface area contributed by atoms with Crippen LogP contribution in [0.2, 0.25) is 0 Å². The second kappa shape index (κ2) is 8.33. The highest BCUT2D eigenvalue weighted by Crippen LogP contribution is 2.34. The Bertz CT molecular complexity index is 872. The van der Waals surface area contributed by atoms with Gasteiger partial charge in [-0.05, 0) is 50.0 Å². The van der Waals surface area contributed by atoms with Crippen molar-refractivity contribution in [2.75, 3.05) is 57.3 Å². The Hall–Kier alpha value is -2.11. The van der Waals surface area contributed by atoms with Crippen LogP contribution in [-0.2, 0) is 6.54 Å². The first-order valence-electron chi connectivity index (χ1n) is 11.2. The van der Waals surface area contributed by atoms with Crippen LogP contribution in [0, 0.1) is 5.92 Å². The number of pyridine rings is 1. The van der Waals surface area contributed by atoms with Crippen molar-refractivity contribution in [3.8, 4) is 0 Å². The number of anilines is 1. The molecule has 1 aromatic carbocycles. The highest BCUT2D eigenvalue weighted by Gasteiger charge is 2.34. The largest absolute Gasteiger partial charge is 0.369 e. The molecule has 4 heterocycles. The fraction of sp³-hybridized carbons (Fsp3) is 0.542. The summed E-state index contributed by atoms with van der Waals surface area (Å²) in [6.07, 6.45) is 2.49. The van der Waals surface area contributed by atoms with E-state index in [-0.39, 0.29) is 5.56 Å². The van der Waals surface area contributed by atoms with E-state index in [1.807, 2.05) is 10.6 Å². The fourth-order valence-corrected chi connectivity index (χ4v) is 5.56. The molecule has 0 saturated carbocycles. The van der Waals surface area contributed by atoms with Crippen LogP contribution < -0.4 is 10.5 Å². The van der Waals surface area contributed by atoms with Crippen molar-refractivity contribution in [1.82, 2.24) is 14.4 Å². The van der Waals surface area contributed by atoms with Crippen molar-refractivity contribution in [2.24, 2.45) is 5.92 Å². The van der Waals surface area contributed by atoms with Gasteiger partial charge in [-0.3, -0.25) is 9.69 Å². The predicted octanol–water partition coefficient (Wildman–Crippen LogP) is 2.48. The van der Waals surface area contributed by atoms with Crippen LogP contribution in [-0.4, -0.2) is 66.7 Å². The molecule has 5 heteroatoms. The maximum atomic E-state index is 12.2. The van der Waals surface area contributed by atoms with Gasteiger partial charge in [0.15, 0.2) is 0 Å². The van der Waals surface area contributed by atoms with Crippen molar-refractivity contribution >= 4 is 5.69 Å². The molecule has 0 aliphatic carbocycles. The summed E-state index contributed by atoms with van der Waals surface area (Å²) in [5.41, 5.74) is 2.79. The molecule has 0 amide bonds. The number of likely N-dealkylation sites (tertiary alicyclic amines) is 1. The minimum Gasteiger partial charge on any atom is -0.369 e. The maximum Gasteiger partial charge on any atom is 0.250 e. The van der Waals surface area contributed by atoms with Gasteiger partial charge in [-0.1, -0.05) is 24.3 Å². The molecule has 154 valence electrons. The van der Waals surface area contributed by atoms with Crippen molar-refractivity contribution in [3.63, 3.8) is 0 Å². The molecule has 0 N–H and O–H groups in total. The molecule has 5 rings (SSSR count). The monoisotopic (exact) mass is 392 g/mol. The van der Waals surface area contributed by atoms with Crippen LogP contribution in [0.25, 0.3) is 0 Å². The standard InChI is InChI=1S/C24H32N4O/c29-24-9-4-8-23-21-16-20(18-28(23)24)17-26(19-21)11-5-10-25-12-14-27(15-13-25)22-6-2-1-3-7-22/h1-4,6-9,20-21H,5,10-19H2/t20-,21+/m1/s1. The van der Waals surface area contributed by atoms with Crippen LogP contribution >= 0.6 is 0 Å². The lowest BCUT2D eigenvalue weighted by Gasteiger charge is -2.43. The quantitative estimate of drug-likeness (QED) is 0.783. The summed E-state index contributed by atoms with van der Waals surface area (Å²) in [4.78, 5) is 20.0. The van der Waals surface area contributed by atoms with E-state index < -0.39 is 0 Å². The molecule has 2 saturated heterocycles. The smallest absolute Gasteiger partial charge is 0.250 e. The first-order valence-corrected chi connectivity index (χ1v) is 11.2. The van der Waals surface area contributed by atoms with Gasteiger partial charge in [0.25, 0.3) is 5.56 Å². The zero-order chi connectivity index (χ0) is 19.6. The van der Waals surface area contributed by atoms with Gasteiger partial charge in [-0.2, -0.15) is 0 Å². The molecule has 0 radical (unpaired) electrons. The first-order chi connectivity index (χ1) is 14.3. The third kappa shape index (κ3) is 4.12. The molecule has 2 atom stereocenters.